The van der Waals surface area contributed by atoms with Crippen LogP contribution in [0.4, 0.5) is 5.82 Å². The Morgan fingerprint density at radius 2 is 2.32 bits per heavy atom. The van der Waals surface area contributed by atoms with E-state index in [1.54, 1.807) is 6.20 Å². The number of hydrogen-bond acceptors (Lipinski definition) is 4. The third-order valence-electron chi connectivity index (χ3n) is 3.56. The molecule has 19 heavy (non-hydrogen) atoms. The van der Waals surface area contributed by atoms with Gasteiger partial charge in [-0.2, -0.15) is 0 Å². The minimum atomic E-state index is -0.484. The number of carbonyl (C=O) groups excluding carboxylic acids is 1. The summed E-state index contributed by atoms with van der Waals surface area (Å²) in [6.07, 6.45) is 3.69. The Morgan fingerprint density at radius 3 is 2.95 bits per heavy atom. The summed E-state index contributed by atoms with van der Waals surface area (Å²) in [5.41, 5.74) is 0.980. The van der Waals surface area contributed by atoms with Crippen LogP contribution >= 0.6 is 0 Å². The van der Waals surface area contributed by atoms with Gasteiger partial charge < -0.3 is 15.3 Å². The molecule has 0 saturated heterocycles. The van der Waals surface area contributed by atoms with E-state index in [1.807, 2.05) is 31.1 Å². The van der Waals surface area contributed by atoms with Crippen LogP contribution in [0.25, 0.3) is 0 Å². The van der Waals surface area contributed by atoms with Crippen LogP contribution in [-0.2, 0) is 11.3 Å². The Morgan fingerprint density at radius 1 is 1.53 bits per heavy atom. The SMILES string of the molecule is CN(C)c1ncccc1CNC(=O)C1CCCC1O. The summed E-state index contributed by atoms with van der Waals surface area (Å²) >= 11 is 0. The van der Waals surface area contributed by atoms with Crippen LogP contribution in [0.5, 0.6) is 0 Å². The lowest BCUT2D eigenvalue weighted by molar-refractivity contribution is -0.127. The molecule has 2 rings (SSSR count). The Kier molecular flexibility index (Phi) is 4.37. The third kappa shape index (κ3) is 3.23. The number of aliphatic hydroxyl groups is 1. The van der Waals surface area contributed by atoms with E-state index in [9.17, 15) is 9.90 Å². The van der Waals surface area contributed by atoms with Gasteiger partial charge in [-0.1, -0.05) is 6.07 Å². The number of amides is 1. The van der Waals surface area contributed by atoms with Gasteiger partial charge in [0.1, 0.15) is 5.82 Å². The van der Waals surface area contributed by atoms with Crippen molar-refractivity contribution in [3.05, 3.63) is 23.9 Å². The van der Waals surface area contributed by atoms with Crippen LogP contribution in [0.15, 0.2) is 18.3 Å². The Balaban J connectivity index is 1.97. The lowest BCUT2D eigenvalue weighted by Crippen LogP contribution is -2.34. The van der Waals surface area contributed by atoms with Crippen molar-refractivity contribution < 1.29 is 9.90 Å². The second-order valence-electron chi connectivity index (χ2n) is 5.20. The first kappa shape index (κ1) is 13.8. The molecule has 1 aromatic heterocycles. The monoisotopic (exact) mass is 263 g/mol. The van der Waals surface area contributed by atoms with Crippen LogP contribution in [0.2, 0.25) is 0 Å². The van der Waals surface area contributed by atoms with Gasteiger partial charge in [0.15, 0.2) is 0 Å². The summed E-state index contributed by atoms with van der Waals surface area (Å²) in [5, 5.41) is 12.6. The molecule has 1 amide bonds. The minimum Gasteiger partial charge on any atom is -0.392 e. The average molecular weight is 263 g/mol. The molecule has 1 heterocycles. The molecule has 0 aromatic carbocycles. The smallest absolute Gasteiger partial charge is 0.225 e. The van der Waals surface area contributed by atoms with Crippen LogP contribution in [-0.4, -0.2) is 36.2 Å². The lowest BCUT2D eigenvalue weighted by Gasteiger charge is -2.18. The normalized spacial score (nSPS) is 22.3. The quantitative estimate of drug-likeness (QED) is 0.848. The fraction of sp³-hybridized carbons (Fsp3) is 0.571. The molecule has 2 atom stereocenters. The molecule has 2 unspecified atom stereocenters. The number of nitrogens with one attached hydrogen (secondary N) is 1. The summed E-state index contributed by atoms with van der Waals surface area (Å²) in [7, 11) is 3.85. The summed E-state index contributed by atoms with van der Waals surface area (Å²) < 4.78 is 0. The van der Waals surface area contributed by atoms with E-state index in [4.69, 9.17) is 0 Å². The largest absolute Gasteiger partial charge is 0.392 e. The number of hydrogen-bond donors (Lipinski definition) is 2. The molecular weight excluding hydrogens is 242 g/mol. The molecule has 0 bridgehead atoms. The number of aromatic nitrogens is 1. The van der Waals surface area contributed by atoms with Crippen molar-refractivity contribution in [1.29, 1.82) is 0 Å². The molecule has 1 aliphatic rings. The number of aliphatic hydroxyl groups excluding tert-OH is 1. The molecule has 0 radical (unpaired) electrons. The number of rotatable bonds is 4. The molecule has 104 valence electrons. The highest BCUT2D eigenvalue weighted by Crippen LogP contribution is 2.25. The third-order valence-corrected chi connectivity index (χ3v) is 3.56. The van der Waals surface area contributed by atoms with Crippen molar-refractivity contribution >= 4 is 11.7 Å². The van der Waals surface area contributed by atoms with E-state index in [2.05, 4.69) is 10.3 Å². The van der Waals surface area contributed by atoms with Gasteiger partial charge in [0.2, 0.25) is 5.91 Å². The second kappa shape index (κ2) is 6.02. The first-order chi connectivity index (χ1) is 9.09. The van der Waals surface area contributed by atoms with E-state index in [1.165, 1.54) is 0 Å². The van der Waals surface area contributed by atoms with Gasteiger partial charge in [0.05, 0.1) is 12.0 Å². The van der Waals surface area contributed by atoms with Gasteiger partial charge in [-0.25, -0.2) is 4.98 Å². The maximum absolute atomic E-state index is 12.0. The molecule has 5 heteroatoms. The van der Waals surface area contributed by atoms with E-state index in [0.717, 1.165) is 30.6 Å². The van der Waals surface area contributed by atoms with Gasteiger partial charge in [-0.3, -0.25) is 4.79 Å². The highest BCUT2D eigenvalue weighted by Gasteiger charge is 2.31. The van der Waals surface area contributed by atoms with E-state index in [0.29, 0.717) is 6.54 Å². The number of anilines is 1. The molecule has 1 aliphatic carbocycles. The van der Waals surface area contributed by atoms with Gasteiger partial charge in [0.25, 0.3) is 0 Å². The Bertz CT molecular complexity index is 448. The van der Waals surface area contributed by atoms with E-state index >= 15 is 0 Å². The molecule has 1 saturated carbocycles. The van der Waals surface area contributed by atoms with Crippen LogP contribution in [0, 0.1) is 5.92 Å². The fourth-order valence-electron chi connectivity index (χ4n) is 2.53. The molecular formula is C14H21N3O2. The molecule has 1 fully saturated rings. The van der Waals surface area contributed by atoms with Gasteiger partial charge in [-0.05, 0) is 25.3 Å². The van der Waals surface area contributed by atoms with Crippen LogP contribution in [0.1, 0.15) is 24.8 Å². The lowest BCUT2D eigenvalue weighted by atomic mass is 10.1. The maximum Gasteiger partial charge on any atom is 0.225 e. The Labute approximate surface area is 113 Å². The zero-order valence-electron chi connectivity index (χ0n) is 11.5. The zero-order chi connectivity index (χ0) is 13.8. The topological polar surface area (TPSA) is 65.5 Å². The van der Waals surface area contributed by atoms with Gasteiger partial charge in [0, 0.05) is 32.4 Å². The molecule has 5 nitrogen and oxygen atoms in total. The van der Waals surface area contributed by atoms with E-state index in [-0.39, 0.29) is 11.8 Å². The number of carbonyl (C=O) groups is 1. The summed E-state index contributed by atoms with van der Waals surface area (Å²) in [6, 6.07) is 3.81. The van der Waals surface area contributed by atoms with Crippen LogP contribution in [0.3, 0.4) is 0 Å². The van der Waals surface area contributed by atoms with Crippen molar-refractivity contribution in [1.82, 2.24) is 10.3 Å². The first-order valence-electron chi connectivity index (χ1n) is 6.66. The van der Waals surface area contributed by atoms with E-state index < -0.39 is 6.10 Å². The fourth-order valence-corrected chi connectivity index (χ4v) is 2.53. The van der Waals surface area contributed by atoms with Crippen molar-refractivity contribution in [2.45, 2.75) is 31.9 Å². The number of nitrogens with zero attached hydrogens (tertiary/aromatic N) is 2. The molecule has 0 spiro atoms. The highest BCUT2D eigenvalue weighted by molar-refractivity contribution is 5.79. The first-order valence-corrected chi connectivity index (χ1v) is 6.66. The van der Waals surface area contributed by atoms with Crippen molar-refractivity contribution in [2.75, 3.05) is 19.0 Å². The van der Waals surface area contributed by atoms with Crippen LogP contribution < -0.4 is 10.2 Å². The summed E-state index contributed by atoms with van der Waals surface area (Å²) in [6.45, 7) is 0.448. The maximum atomic E-state index is 12.0. The highest BCUT2D eigenvalue weighted by atomic mass is 16.3. The molecule has 1 aromatic rings. The van der Waals surface area contributed by atoms with Crippen molar-refractivity contribution in [3.63, 3.8) is 0 Å². The van der Waals surface area contributed by atoms with Crippen molar-refractivity contribution in [3.8, 4) is 0 Å². The number of pyridine rings is 1. The summed E-state index contributed by atoms with van der Waals surface area (Å²) in [4.78, 5) is 18.2. The van der Waals surface area contributed by atoms with Crippen molar-refractivity contribution in [2.24, 2.45) is 5.92 Å². The summed E-state index contributed by atoms with van der Waals surface area (Å²) in [5.74, 6) is 0.549. The standard InChI is InChI=1S/C14H21N3O2/c1-17(2)13-10(5-4-8-15-13)9-16-14(19)11-6-3-7-12(11)18/h4-5,8,11-12,18H,3,6-7,9H2,1-2H3,(H,16,19). The molecule has 0 aliphatic heterocycles. The van der Waals surface area contributed by atoms with Gasteiger partial charge >= 0.3 is 0 Å². The molecule has 2 N–H and O–H groups in total. The zero-order valence-corrected chi connectivity index (χ0v) is 11.5. The van der Waals surface area contributed by atoms with Gasteiger partial charge in [-0.15, -0.1) is 0 Å². The predicted octanol–water partition coefficient (Wildman–Crippen LogP) is 0.925. The minimum absolute atomic E-state index is 0.0569. The Hall–Kier alpha value is -1.62. The average Bonchev–Trinajstić information content (AvgIpc) is 2.82. The second-order valence-corrected chi connectivity index (χ2v) is 5.20. The predicted molar refractivity (Wildman–Crippen MR) is 73.8 cm³/mol.